The first-order chi connectivity index (χ1) is 10.4. The molecule has 0 saturated heterocycles. The van der Waals surface area contributed by atoms with E-state index in [1.165, 1.54) is 27.7 Å². The quantitative estimate of drug-likeness (QED) is 0.315. The van der Waals surface area contributed by atoms with Gasteiger partial charge in [-0.25, -0.2) is 0 Å². The van der Waals surface area contributed by atoms with Gasteiger partial charge in [-0.2, -0.15) is 0 Å². The van der Waals surface area contributed by atoms with Crippen LogP contribution in [0.3, 0.4) is 0 Å². The monoisotopic (exact) mass is 330 g/mol. The fraction of sp³-hybridized carbons (Fsp3) is 0.636. The molecular formula is C11H14N4O8. The summed E-state index contributed by atoms with van der Waals surface area (Å²) in [6.45, 7) is 4.97. The summed E-state index contributed by atoms with van der Waals surface area (Å²) in [4.78, 5) is 39.5. The zero-order valence-corrected chi connectivity index (χ0v) is 12.7. The molecule has 0 heterocycles. The first-order valence-electron chi connectivity index (χ1n) is 6.30. The summed E-state index contributed by atoms with van der Waals surface area (Å²) in [5.74, 6) is -5.57. The van der Waals surface area contributed by atoms with E-state index in [9.17, 15) is 40.5 Å². The van der Waals surface area contributed by atoms with Crippen LogP contribution in [-0.2, 0) is 0 Å². The Labute approximate surface area is 129 Å². The molecule has 0 aromatic carbocycles. The second-order valence-corrected chi connectivity index (χ2v) is 5.42. The second kappa shape index (κ2) is 5.37. The Morgan fingerprint density at radius 3 is 1.65 bits per heavy atom. The molecule has 0 saturated carbocycles. The Balaban J connectivity index is 3.78. The minimum absolute atomic E-state index is 0.00225. The summed E-state index contributed by atoms with van der Waals surface area (Å²) in [7, 11) is 0. The van der Waals surface area contributed by atoms with E-state index in [2.05, 4.69) is 0 Å². The Hall–Kier alpha value is -2.92. The lowest BCUT2D eigenvalue weighted by molar-refractivity contribution is -0.975. The van der Waals surface area contributed by atoms with Crippen molar-refractivity contribution in [1.82, 2.24) is 0 Å². The van der Waals surface area contributed by atoms with Crippen LogP contribution in [0.15, 0.2) is 22.8 Å². The van der Waals surface area contributed by atoms with Crippen LogP contribution in [0.1, 0.15) is 27.7 Å². The lowest BCUT2D eigenvalue weighted by atomic mass is 9.72. The van der Waals surface area contributed by atoms with Crippen LogP contribution in [0.5, 0.6) is 0 Å². The topological polar surface area (TPSA) is 173 Å². The van der Waals surface area contributed by atoms with Gasteiger partial charge < -0.3 is 0 Å². The van der Waals surface area contributed by atoms with Crippen LogP contribution in [-0.4, -0.2) is 31.0 Å². The number of nitro groups is 4. The summed E-state index contributed by atoms with van der Waals surface area (Å²) in [5, 5.41) is 44.9. The molecule has 1 aliphatic rings. The zero-order chi connectivity index (χ0) is 18.3. The Morgan fingerprint density at radius 2 is 1.35 bits per heavy atom. The van der Waals surface area contributed by atoms with Crippen molar-refractivity contribution >= 4 is 0 Å². The first kappa shape index (κ1) is 18.1. The van der Waals surface area contributed by atoms with E-state index in [-0.39, 0.29) is 16.7 Å². The maximum atomic E-state index is 11.3. The van der Waals surface area contributed by atoms with Gasteiger partial charge in [0.25, 0.3) is 5.54 Å². The van der Waals surface area contributed by atoms with E-state index in [0.717, 1.165) is 6.08 Å². The van der Waals surface area contributed by atoms with Gasteiger partial charge in [-0.05, 0) is 32.4 Å². The molecule has 0 aromatic heterocycles. The van der Waals surface area contributed by atoms with Crippen molar-refractivity contribution in [3.05, 3.63) is 63.3 Å². The van der Waals surface area contributed by atoms with Gasteiger partial charge in [0, 0.05) is 23.0 Å². The summed E-state index contributed by atoms with van der Waals surface area (Å²) >= 11 is 0. The van der Waals surface area contributed by atoms with E-state index >= 15 is 0 Å². The lowest BCUT2D eigenvalue weighted by Gasteiger charge is -2.31. The highest BCUT2D eigenvalue weighted by Gasteiger charge is 2.77. The molecule has 0 unspecified atom stereocenters. The van der Waals surface area contributed by atoms with E-state index in [0.29, 0.717) is 0 Å². The van der Waals surface area contributed by atoms with E-state index < -0.39 is 36.9 Å². The van der Waals surface area contributed by atoms with Gasteiger partial charge in [0.2, 0.25) is 5.92 Å². The lowest BCUT2D eigenvalue weighted by Crippen LogP contribution is -2.60. The van der Waals surface area contributed by atoms with Gasteiger partial charge in [-0.3, -0.25) is 40.5 Å². The summed E-state index contributed by atoms with van der Waals surface area (Å²) in [5.41, 5.74) is -1.90. The van der Waals surface area contributed by atoms with Crippen molar-refractivity contribution < 1.29 is 19.7 Å². The summed E-state index contributed by atoms with van der Waals surface area (Å²) < 4.78 is 0. The number of hydrogen-bond donors (Lipinski definition) is 0. The van der Waals surface area contributed by atoms with Crippen molar-refractivity contribution in [2.75, 3.05) is 0 Å². The third-order valence-electron chi connectivity index (χ3n) is 4.56. The molecule has 12 nitrogen and oxygen atoms in total. The first-order valence-corrected chi connectivity index (χ1v) is 6.30. The van der Waals surface area contributed by atoms with E-state index in [1.54, 1.807) is 0 Å². The fourth-order valence-corrected chi connectivity index (χ4v) is 2.67. The third kappa shape index (κ3) is 2.13. The van der Waals surface area contributed by atoms with Crippen LogP contribution >= 0.6 is 0 Å². The van der Waals surface area contributed by atoms with E-state index in [4.69, 9.17) is 0 Å². The molecule has 0 spiro atoms. The minimum Gasteiger partial charge on any atom is -0.263 e. The second-order valence-electron chi connectivity index (χ2n) is 5.42. The average molecular weight is 330 g/mol. The maximum Gasteiger partial charge on any atom is 0.709 e. The minimum atomic E-state index is -3.73. The average Bonchev–Trinajstić information content (AvgIpc) is 2.41. The highest BCUT2D eigenvalue weighted by Crippen LogP contribution is 2.43. The van der Waals surface area contributed by atoms with Gasteiger partial charge >= 0.3 is 5.79 Å². The summed E-state index contributed by atoms with van der Waals surface area (Å²) in [6.07, 6.45) is 0.875. The van der Waals surface area contributed by atoms with Crippen molar-refractivity contribution in [3.8, 4) is 0 Å². The number of hydrogen-bond acceptors (Lipinski definition) is 8. The number of nitrogens with zero attached hydrogens (tertiary/aromatic N) is 4. The molecule has 2 atom stereocenters. The molecule has 1 aliphatic carbocycles. The molecule has 12 heteroatoms. The third-order valence-corrected chi connectivity index (χ3v) is 4.56. The number of rotatable bonds is 5. The van der Waals surface area contributed by atoms with Crippen molar-refractivity contribution in [3.63, 3.8) is 0 Å². The smallest absolute Gasteiger partial charge is 0.263 e. The van der Waals surface area contributed by atoms with Crippen LogP contribution < -0.4 is 0 Å². The maximum absolute atomic E-state index is 11.3. The molecule has 0 N–H and O–H groups in total. The van der Waals surface area contributed by atoms with Crippen LogP contribution in [0.2, 0.25) is 0 Å². The molecule has 0 amide bonds. The van der Waals surface area contributed by atoms with Gasteiger partial charge in [-0.1, -0.05) is 0 Å². The van der Waals surface area contributed by atoms with Gasteiger partial charge in [0.05, 0.1) is 0 Å². The van der Waals surface area contributed by atoms with Crippen LogP contribution in [0, 0.1) is 46.4 Å². The Kier molecular flexibility index (Phi) is 4.23. The molecule has 0 bridgehead atoms. The van der Waals surface area contributed by atoms with Crippen molar-refractivity contribution in [2.24, 2.45) is 5.92 Å². The fourth-order valence-electron chi connectivity index (χ4n) is 2.67. The van der Waals surface area contributed by atoms with E-state index in [1.807, 2.05) is 0 Å². The van der Waals surface area contributed by atoms with Gasteiger partial charge in [0.1, 0.15) is 0 Å². The van der Waals surface area contributed by atoms with Crippen LogP contribution in [0.25, 0.3) is 0 Å². The molecule has 0 aliphatic heterocycles. The SMILES string of the molecule is CC1=C[C@@H](C([N+](=O)[O-])([N+](=O)[O-])[N+](=O)[O-])C(C)=C(C)[C@]1(C)[N+](=O)[O-]. The normalized spacial score (nSPS) is 24.9. The van der Waals surface area contributed by atoms with Crippen molar-refractivity contribution in [1.29, 1.82) is 0 Å². The standard InChI is InChI=1S/C11H14N4O8/c1-6-5-9(7(2)8(3)10(6,4)12(16)17)11(13(18)19,14(20)21)15(22)23/h5,9H,1-4H3/t9-,10-/m1/s1. The van der Waals surface area contributed by atoms with Crippen molar-refractivity contribution in [2.45, 2.75) is 39.0 Å². The highest BCUT2D eigenvalue weighted by atomic mass is 16.7. The molecule has 23 heavy (non-hydrogen) atoms. The molecule has 0 radical (unpaired) electrons. The highest BCUT2D eigenvalue weighted by molar-refractivity contribution is 5.40. The zero-order valence-electron chi connectivity index (χ0n) is 12.7. The molecule has 0 aromatic rings. The molecule has 0 fully saturated rings. The van der Waals surface area contributed by atoms with Crippen LogP contribution in [0.4, 0.5) is 0 Å². The predicted molar refractivity (Wildman–Crippen MR) is 74.7 cm³/mol. The largest absolute Gasteiger partial charge is 0.709 e. The molecule has 1 rings (SSSR count). The summed E-state index contributed by atoms with van der Waals surface area (Å²) in [6, 6.07) is 0. The van der Waals surface area contributed by atoms with Gasteiger partial charge in [0.15, 0.2) is 14.8 Å². The predicted octanol–water partition coefficient (Wildman–Crippen LogP) is 1.42. The Morgan fingerprint density at radius 1 is 0.957 bits per heavy atom. The molecule has 126 valence electrons. The van der Waals surface area contributed by atoms with Gasteiger partial charge in [-0.15, -0.1) is 0 Å². The Bertz CT molecular complexity index is 645. The molecular weight excluding hydrogens is 316 g/mol.